The van der Waals surface area contributed by atoms with E-state index in [0.29, 0.717) is 0 Å². The van der Waals surface area contributed by atoms with Gasteiger partial charge in [-0.3, -0.25) is 4.90 Å². The number of benzene rings is 2. The van der Waals surface area contributed by atoms with Crippen LogP contribution in [0.25, 0.3) is 11.1 Å². The molecular weight excluding hydrogens is 358 g/mol. The first-order valence-corrected chi connectivity index (χ1v) is 11.1. The Labute approximate surface area is 176 Å². The van der Waals surface area contributed by atoms with Gasteiger partial charge in [-0.2, -0.15) is 0 Å². The Balaban J connectivity index is 2.01. The van der Waals surface area contributed by atoms with Crippen LogP contribution in [0.15, 0.2) is 48.5 Å². The first kappa shape index (κ1) is 22.8. The maximum Gasteiger partial charge on any atom is 0.321 e. The van der Waals surface area contributed by atoms with Crippen molar-refractivity contribution < 1.29 is 4.79 Å². The maximum absolute atomic E-state index is 12.5. The van der Waals surface area contributed by atoms with E-state index in [2.05, 4.69) is 60.9 Å². The Morgan fingerprint density at radius 2 is 1.62 bits per heavy atom. The fraction of sp³-hybridized carbons (Fsp3) is 0.480. The molecule has 0 aliphatic carbocycles. The zero-order valence-corrected chi connectivity index (χ0v) is 18.3. The average molecular weight is 396 g/mol. The summed E-state index contributed by atoms with van der Waals surface area (Å²) >= 11 is 0. The van der Waals surface area contributed by atoms with E-state index in [4.69, 9.17) is 0 Å². The summed E-state index contributed by atoms with van der Waals surface area (Å²) in [6, 6.07) is 16.5. The lowest BCUT2D eigenvalue weighted by Gasteiger charge is -2.19. The van der Waals surface area contributed by atoms with Gasteiger partial charge in [-0.05, 0) is 36.6 Å². The van der Waals surface area contributed by atoms with Gasteiger partial charge in [0.05, 0.1) is 0 Å². The molecule has 0 aliphatic heterocycles. The molecule has 2 aromatic carbocycles. The van der Waals surface area contributed by atoms with Crippen molar-refractivity contribution in [3.05, 3.63) is 48.5 Å². The van der Waals surface area contributed by atoms with Crippen LogP contribution >= 0.6 is 0 Å². The summed E-state index contributed by atoms with van der Waals surface area (Å²) in [5.74, 6) is 0. The Morgan fingerprint density at radius 3 is 2.41 bits per heavy atom. The summed E-state index contributed by atoms with van der Waals surface area (Å²) in [5.41, 5.74) is 4.31. The van der Waals surface area contributed by atoms with Gasteiger partial charge in [0.15, 0.2) is 0 Å². The Kier molecular flexibility index (Phi) is 10.1. The average Bonchev–Trinajstić information content (AvgIpc) is 2.76. The van der Waals surface area contributed by atoms with E-state index in [1.54, 1.807) is 4.90 Å². The van der Waals surface area contributed by atoms with Gasteiger partial charge in [0.2, 0.25) is 0 Å². The van der Waals surface area contributed by atoms with E-state index in [1.807, 2.05) is 19.2 Å². The van der Waals surface area contributed by atoms with E-state index in [-0.39, 0.29) is 6.03 Å². The maximum atomic E-state index is 12.5. The summed E-state index contributed by atoms with van der Waals surface area (Å²) in [6.07, 6.45) is 8.29. The number of carbonyl (C=O) groups is 1. The number of anilines is 2. The van der Waals surface area contributed by atoms with Gasteiger partial charge in [-0.25, -0.2) is 4.79 Å². The van der Waals surface area contributed by atoms with Gasteiger partial charge in [0, 0.05) is 37.1 Å². The van der Waals surface area contributed by atoms with Gasteiger partial charge >= 0.3 is 6.03 Å². The van der Waals surface area contributed by atoms with Gasteiger partial charge in [0.1, 0.15) is 0 Å². The molecule has 0 radical (unpaired) electrons. The molecule has 0 spiro atoms. The van der Waals surface area contributed by atoms with E-state index in [0.717, 1.165) is 48.4 Å². The molecule has 0 atom stereocenters. The minimum atomic E-state index is -0.0491. The number of nitrogens with one attached hydrogen (secondary N) is 2. The van der Waals surface area contributed by atoms with Crippen LogP contribution in [-0.2, 0) is 0 Å². The molecule has 2 amide bonds. The number of hydrogen-bond acceptors (Lipinski definition) is 2. The molecule has 0 aliphatic rings. The lowest BCUT2D eigenvalue weighted by atomic mass is 10.0. The molecule has 2 N–H and O–H groups in total. The Bertz CT molecular complexity index is 744. The number of urea groups is 1. The van der Waals surface area contributed by atoms with Crippen LogP contribution in [-0.4, -0.2) is 26.2 Å². The summed E-state index contributed by atoms with van der Waals surface area (Å²) in [4.78, 5) is 14.2. The molecule has 158 valence electrons. The molecule has 0 saturated heterocycles. The van der Waals surface area contributed by atoms with E-state index in [1.165, 1.54) is 32.1 Å². The zero-order chi connectivity index (χ0) is 20.9. The normalized spacial score (nSPS) is 10.6. The van der Waals surface area contributed by atoms with Crippen molar-refractivity contribution in [3.8, 4) is 11.1 Å². The molecule has 2 rings (SSSR count). The predicted molar refractivity (Wildman–Crippen MR) is 126 cm³/mol. The Morgan fingerprint density at radius 1 is 0.862 bits per heavy atom. The van der Waals surface area contributed by atoms with Crippen molar-refractivity contribution in [3.63, 3.8) is 0 Å². The SMILES string of the molecule is CCCCCCCNC(=O)N(C)c1cccc(-c2ccccc2NCCCC)c1. The van der Waals surface area contributed by atoms with Gasteiger partial charge in [-0.15, -0.1) is 0 Å². The van der Waals surface area contributed by atoms with Crippen LogP contribution in [0.3, 0.4) is 0 Å². The van der Waals surface area contributed by atoms with Crippen LogP contribution in [0.2, 0.25) is 0 Å². The van der Waals surface area contributed by atoms with Crippen molar-refractivity contribution in [2.45, 2.75) is 58.8 Å². The fourth-order valence-electron chi connectivity index (χ4n) is 3.33. The highest BCUT2D eigenvalue weighted by molar-refractivity contribution is 5.92. The number of nitrogens with zero attached hydrogens (tertiary/aromatic N) is 1. The monoisotopic (exact) mass is 395 g/mol. The summed E-state index contributed by atoms with van der Waals surface area (Å²) in [6.45, 7) is 6.11. The van der Waals surface area contributed by atoms with Crippen molar-refractivity contribution in [2.24, 2.45) is 0 Å². The predicted octanol–water partition coefficient (Wildman–Crippen LogP) is 6.68. The summed E-state index contributed by atoms with van der Waals surface area (Å²) in [5, 5.41) is 6.58. The smallest absolute Gasteiger partial charge is 0.321 e. The minimum absolute atomic E-state index is 0.0491. The number of hydrogen-bond donors (Lipinski definition) is 2. The third kappa shape index (κ3) is 7.45. The van der Waals surface area contributed by atoms with Crippen LogP contribution < -0.4 is 15.5 Å². The van der Waals surface area contributed by atoms with Crippen LogP contribution in [0.4, 0.5) is 16.2 Å². The molecule has 0 saturated carbocycles. The molecule has 0 bridgehead atoms. The molecule has 0 fully saturated rings. The second kappa shape index (κ2) is 12.9. The van der Waals surface area contributed by atoms with Crippen LogP contribution in [0, 0.1) is 0 Å². The van der Waals surface area contributed by atoms with E-state index in [9.17, 15) is 4.79 Å². The number of carbonyl (C=O) groups excluding carboxylic acids is 1. The van der Waals surface area contributed by atoms with Gasteiger partial charge in [-0.1, -0.05) is 76.3 Å². The lowest BCUT2D eigenvalue weighted by Crippen LogP contribution is -2.37. The minimum Gasteiger partial charge on any atom is -0.385 e. The van der Waals surface area contributed by atoms with Gasteiger partial charge < -0.3 is 10.6 Å². The summed E-state index contributed by atoms with van der Waals surface area (Å²) in [7, 11) is 1.83. The molecule has 0 heterocycles. The quantitative estimate of drug-likeness (QED) is 0.394. The largest absolute Gasteiger partial charge is 0.385 e. The molecule has 0 unspecified atom stereocenters. The molecule has 2 aromatic rings. The zero-order valence-electron chi connectivity index (χ0n) is 18.3. The van der Waals surface area contributed by atoms with Crippen molar-refractivity contribution in [2.75, 3.05) is 30.4 Å². The van der Waals surface area contributed by atoms with Crippen LogP contribution in [0.1, 0.15) is 58.8 Å². The van der Waals surface area contributed by atoms with Crippen molar-refractivity contribution >= 4 is 17.4 Å². The Hall–Kier alpha value is -2.49. The molecule has 4 nitrogen and oxygen atoms in total. The fourth-order valence-corrected chi connectivity index (χ4v) is 3.33. The van der Waals surface area contributed by atoms with Crippen molar-refractivity contribution in [1.82, 2.24) is 5.32 Å². The number of rotatable bonds is 12. The number of unbranched alkanes of at least 4 members (excludes halogenated alkanes) is 5. The molecule has 29 heavy (non-hydrogen) atoms. The lowest BCUT2D eigenvalue weighted by molar-refractivity contribution is 0.247. The van der Waals surface area contributed by atoms with Crippen molar-refractivity contribution in [1.29, 1.82) is 0 Å². The summed E-state index contributed by atoms with van der Waals surface area (Å²) < 4.78 is 0. The molecule has 4 heteroatoms. The highest BCUT2D eigenvalue weighted by atomic mass is 16.2. The highest BCUT2D eigenvalue weighted by Crippen LogP contribution is 2.30. The number of amides is 2. The molecule has 0 aromatic heterocycles. The second-order valence-corrected chi connectivity index (χ2v) is 7.58. The highest BCUT2D eigenvalue weighted by Gasteiger charge is 2.12. The van der Waals surface area contributed by atoms with Crippen LogP contribution in [0.5, 0.6) is 0 Å². The third-order valence-corrected chi connectivity index (χ3v) is 5.18. The topological polar surface area (TPSA) is 44.4 Å². The van der Waals surface area contributed by atoms with Gasteiger partial charge in [0.25, 0.3) is 0 Å². The first-order chi connectivity index (χ1) is 14.2. The molecular formula is C25H37N3O. The van der Waals surface area contributed by atoms with E-state index >= 15 is 0 Å². The van der Waals surface area contributed by atoms with E-state index < -0.39 is 0 Å². The first-order valence-electron chi connectivity index (χ1n) is 11.1. The number of para-hydroxylation sites is 1. The third-order valence-electron chi connectivity index (χ3n) is 5.18. The second-order valence-electron chi connectivity index (χ2n) is 7.58. The standard InChI is InChI=1S/C25H37N3O/c1-4-6-8-9-12-19-27-25(29)28(3)22-15-13-14-21(20-22)23-16-10-11-17-24(23)26-18-7-5-2/h10-11,13-17,20,26H,4-9,12,18-19H2,1-3H3,(H,27,29).